The zero-order valence-electron chi connectivity index (χ0n) is 8.14. The third-order valence-electron chi connectivity index (χ3n) is 2.18. The van der Waals surface area contributed by atoms with E-state index in [1.54, 1.807) is 0 Å². The number of hydrogen-bond donors (Lipinski definition) is 0. The minimum Gasteiger partial charge on any atom is -0.357 e. The maximum Gasteiger partial charge on any atom is 0.137 e. The first-order valence-electron chi connectivity index (χ1n) is 4.08. The van der Waals surface area contributed by atoms with E-state index in [2.05, 4.69) is 45.0 Å². The van der Waals surface area contributed by atoms with Crippen molar-refractivity contribution in [3.63, 3.8) is 0 Å². The van der Waals surface area contributed by atoms with Gasteiger partial charge in [0.15, 0.2) is 0 Å². The van der Waals surface area contributed by atoms with E-state index in [1.807, 2.05) is 0 Å². The zero-order valence-corrected chi connectivity index (χ0v) is 8.96. The fraction of sp³-hybridized carbons (Fsp3) is 0.889. The second-order valence-corrected chi connectivity index (χ2v) is 4.10. The van der Waals surface area contributed by atoms with Crippen molar-refractivity contribution in [1.29, 1.82) is 0 Å². The van der Waals surface area contributed by atoms with Crippen LogP contribution in [0, 0.1) is 5.41 Å². The van der Waals surface area contributed by atoms with Crippen molar-refractivity contribution in [2.45, 2.75) is 40.7 Å². The SMILES string of the molecule is CCN([C]=S)C(C)C(C)(C)C. The molecule has 1 unspecified atom stereocenters. The molecule has 0 spiro atoms. The zero-order chi connectivity index (χ0) is 9.07. The lowest BCUT2D eigenvalue weighted by Gasteiger charge is -2.35. The molecular weight excluding hydrogens is 154 g/mol. The molecule has 0 bridgehead atoms. The van der Waals surface area contributed by atoms with E-state index in [1.165, 1.54) is 0 Å². The predicted octanol–water partition coefficient (Wildman–Crippen LogP) is 2.58. The summed E-state index contributed by atoms with van der Waals surface area (Å²) in [5.74, 6) is 0. The van der Waals surface area contributed by atoms with Gasteiger partial charge in [-0.3, -0.25) is 0 Å². The highest BCUT2D eigenvalue weighted by molar-refractivity contribution is 7.78. The summed E-state index contributed by atoms with van der Waals surface area (Å²) in [6.07, 6.45) is 0. The summed E-state index contributed by atoms with van der Waals surface area (Å²) < 4.78 is 0. The second-order valence-electron chi connectivity index (χ2n) is 3.92. The van der Waals surface area contributed by atoms with Gasteiger partial charge >= 0.3 is 0 Å². The highest BCUT2D eigenvalue weighted by Gasteiger charge is 2.23. The Morgan fingerprint density at radius 3 is 2.00 bits per heavy atom. The molecule has 1 atom stereocenters. The van der Waals surface area contributed by atoms with E-state index in [0.29, 0.717) is 6.04 Å². The van der Waals surface area contributed by atoms with Gasteiger partial charge in [0.25, 0.3) is 0 Å². The van der Waals surface area contributed by atoms with E-state index in [-0.39, 0.29) is 5.41 Å². The van der Waals surface area contributed by atoms with Gasteiger partial charge in [0.2, 0.25) is 0 Å². The summed E-state index contributed by atoms with van der Waals surface area (Å²) in [6, 6.07) is 0.463. The quantitative estimate of drug-likeness (QED) is 0.475. The first-order chi connectivity index (χ1) is 4.93. The Bertz CT molecular complexity index is 126. The molecule has 0 saturated heterocycles. The van der Waals surface area contributed by atoms with Gasteiger partial charge in [-0.15, -0.1) is 0 Å². The number of nitrogens with zero attached hydrogens (tertiary/aromatic N) is 1. The van der Waals surface area contributed by atoms with Gasteiger partial charge in [-0.25, -0.2) is 0 Å². The molecule has 11 heavy (non-hydrogen) atoms. The molecule has 0 heterocycles. The van der Waals surface area contributed by atoms with Gasteiger partial charge < -0.3 is 4.90 Å². The van der Waals surface area contributed by atoms with Gasteiger partial charge in [-0.2, -0.15) is 0 Å². The largest absolute Gasteiger partial charge is 0.357 e. The normalized spacial score (nSPS) is 14.3. The smallest absolute Gasteiger partial charge is 0.137 e. The Balaban J connectivity index is 4.20. The summed E-state index contributed by atoms with van der Waals surface area (Å²) in [6.45, 7) is 11.9. The maximum atomic E-state index is 4.79. The molecule has 2 heteroatoms. The van der Waals surface area contributed by atoms with Crippen LogP contribution in [0.15, 0.2) is 0 Å². The van der Waals surface area contributed by atoms with E-state index in [4.69, 9.17) is 12.2 Å². The molecule has 0 aromatic rings. The van der Waals surface area contributed by atoms with Crippen LogP contribution in [0.3, 0.4) is 0 Å². The van der Waals surface area contributed by atoms with Crippen molar-refractivity contribution in [3.8, 4) is 0 Å². The van der Waals surface area contributed by atoms with Gasteiger partial charge in [-0.1, -0.05) is 33.0 Å². The van der Waals surface area contributed by atoms with Crippen LogP contribution < -0.4 is 0 Å². The molecule has 0 aliphatic heterocycles. The molecule has 0 N–H and O–H groups in total. The Kier molecular flexibility index (Phi) is 4.01. The molecule has 65 valence electrons. The van der Waals surface area contributed by atoms with Crippen LogP contribution in [0.4, 0.5) is 0 Å². The average Bonchev–Trinajstić information content (AvgIpc) is 1.88. The highest BCUT2D eigenvalue weighted by atomic mass is 32.1. The number of rotatable bonds is 3. The molecule has 0 aliphatic rings. The average molecular weight is 172 g/mol. The number of thiocarbonyl (C=S) groups is 1. The lowest BCUT2D eigenvalue weighted by molar-refractivity contribution is 0.196. The van der Waals surface area contributed by atoms with E-state index in [0.717, 1.165) is 6.54 Å². The highest BCUT2D eigenvalue weighted by Crippen LogP contribution is 2.22. The molecule has 0 fully saturated rings. The molecule has 0 amide bonds. The maximum absolute atomic E-state index is 4.79. The molecule has 0 aromatic heterocycles. The van der Waals surface area contributed by atoms with Crippen LogP contribution in [0.2, 0.25) is 0 Å². The van der Waals surface area contributed by atoms with Crippen molar-refractivity contribution in [3.05, 3.63) is 0 Å². The van der Waals surface area contributed by atoms with Gasteiger partial charge in [0.1, 0.15) is 5.49 Å². The lowest BCUT2D eigenvalue weighted by atomic mass is 9.87. The van der Waals surface area contributed by atoms with Crippen LogP contribution in [-0.4, -0.2) is 23.0 Å². The van der Waals surface area contributed by atoms with Crippen LogP contribution in [-0.2, 0) is 0 Å². The van der Waals surface area contributed by atoms with Crippen molar-refractivity contribution in [1.82, 2.24) is 4.90 Å². The molecule has 1 nitrogen and oxygen atoms in total. The molecule has 0 aromatic carbocycles. The third-order valence-corrected chi connectivity index (χ3v) is 2.41. The van der Waals surface area contributed by atoms with Crippen LogP contribution in [0.25, 0.3) is 0 Å². The van der Waals surface area contributed by atoms with E-state index in [9.17, 15) is 0 Å². The van der Waals surface area contributed by atoms with Crippen molar-refractivity contribution in [2.24, 2.45) is 5.41 Å². The Morgan fingerprint density at radius 2 is 1.91 bits per heavy atom. The Hall–Kier alpha value is -0.110. The van der Waals surface area contributed by atoms with Crippen molar-refractivity contribution >= 4 is 17.7 Å². The summed E-state index contributed by atoms with van der Waals surface area (Å²) in [4.78, 5) is 2.06. The van der Waals surface area contributed by atoms with E-state index < -0.39 is 0 Å². The van der Waals surface area contributed by atoms with Gasteiger partial charge in [0, 0.05) is 12.6 Å². The minimum atomic E-state index is 0.280. The van der Waals surface area contributed by atoms with Gasteiger partial charge in [-0.05, 0) is 19.3 Å². The summed E-state index contributed by atoms with van der Waals surface area (Å²) in [7, 11) is 0. The van der Waals surface area contributed by atoms with E-state index >= 15 is 0 Å². The topological polar surface area (TPSA) is 3.24 Å². The summed E-state index contributed by atoms with van der Waals surface area (Å²) in [5.41, 5.74) is 3.05. The standard InChI is InChI=1S/C9H18NS/c1-6-10(7-11)8(2)9(3,4)5/h8H,6H2,1-5H3. The second kappa shape index (κ2) is 4.05. The van der Waals surface area contributed by atoms with Crippen LogP contribution >= 0.6 is 12.2 Å². The minimum absolute atomic E-state index is 0.280. The monoisotopic (exact) mass is 172 g/mol. The molecule has 0 aliphatic carbocycles. The molecule has 0 saturated carbocycles. The Labute approximate surface area is 75.8 Å². The first-order valence-corrected chi connectivity index (χ1v) is 4.48. The lowest BCUT2D eigenvalue weighted by Crippen LogP contribution is -2.40. The third kappa shape index (κ3) is 3.19. The predicted molar refractivity (Wildman–Crippen MR) is 53.9 cm³/mol. The fourth-order valence-corrected chi connectivity index (χ4v) is 1.17. The molecule has 1 radical (unpaired) electrons. The fourth-order valence-electron chi connectivity index (χ4n) is 0.885. The van der Waals surface area contributed by atoms with Crippen LogP contribution in [0.1, 0.15) is 34.6 Å². The summed E-state index contributed by atoms with van der Waals surface area (Å²) >= 11 is 4.79. The Morgan fingerprint density at radius 1 is 1.45 bits per heavy atom. The van der Waals surface area contributed by atoms with Crippen molar-refractivity contribution < 1.29 is 0 Å². The van der Waals surface area contributed by atoms with Gasteiger partial charge in [0.05, 0.1) is 0 Å². The molecule has 0 rings (SSSR count). The van der Waals surface area contributed by atoms with Crippen molar-refractivity contribution in [2.75, 3.05) is 6.54 Å². The first kappa shape index (κ1) is 10.9. The molecular formula is C9H18NS. The van der Waals surface area contributed by atoms with Crippen LogP contribution in [0.5, 0.6) is 0 Å². The number of hydrogen-bond acceptors (Lipinski definition) is 1. The summed E-state index contributed by atoms with van der Waals surface area (Å²) in [5, 5.41) is 0.